The smallest absolute Gasteiger partial charge is 0.267 e. The maximum absolute atomic E-state index is 13.0. The number of anilines is 1. The van der Waals surface area contributed by atoms with Crippen LogP contribution in [0.15, 0.2) is 42.6 Å². The maximum Gasteiger partial charge on any atom is 0.267 e. The number of nitrogens with one attached hydrogen (secondary N) is 3. The van der Waals surface area contributed by atoms with Crippen molar-refractivity contribution in [3.05, 3.63) is 53.9 Å². The van der Waals surface area contributed by atoms with E-state index in [0.29, 0.717) is 17.8 Å². The van der Waals surface area contributed by atoms with Crippen molar-refractivity contribution >= 4 is 23.4 Å². The number of aromatic nitrogens is 1. The van der Waals surface area contributed by atoms with E-state index >= 15 is 0 Å². The first-order chi connectivity index (χ1) is 18.0. The van der Waals surface area contributed by atoms with E-state index < -0.39 is 0 Å². The van der Waals surface area contributed by atoms with Crippen LogP contribution in [0.2, 0.25) is 0 Å². The van der Waals surface area contributed by atoms with Gasteiger partial charge in [0.05, 0.1) is 0 Å². The number of likely N-dealkylation sites (N-methyl/N-ethyl adjacent to an activating group) is 1. The number of hydrogen-bond acceptors (Lipinski definition) is 5. The van der Waals surface area contributed by atoms with Crippen LogP contribution in [0, 0.1) is 0 Å². The van der Waals surface area contributed by atoms with Crippen LogP contribution in [0.25, 0.3) is 0 Å². The Morgan fingerprint density at radius 2 is 1.65 bits per heavy atom. The van der Waals surface area contributed by atoms with Gasteiger partial charge in [-0.3, -0.25) is 14.4 Å². The topological polar surface area (TPSA) is 101 Å². The predicted molar refractivity (Wildman–Crippen MR) is 143 cm³/mol. The van der Waals surface area contributed by atoms with Gasteiger partial charge in [-0.25, -0.2) is 0 Å². The molecule has 0 radical (unpaired) electrons. The van der Waals surface area contributed by atoms with Crippen LogP contribution in [0.1, 0.15) is 59.9 Å². The second kappa shape index (κ2) is 11.4. The zero-order valence-electron chi connectivity index (χ0n) is 21.6. The number of aromatic amines is 1. The van der Waals surface area contributed by atoms with Crippen LogP contribution in [0.4, 0.5) is 5.69 Å². The molecule has 1 aromatic heterocycles. The molecule has 3 fully saturated rings. The van der Waals surface area contributed by atoms with Crippen molar-refractivity contribution in [2.45, 2.75) is 57.2 Å². The average molecular weight is 507 g/mol. The van der Waals surface area contributed by atoms with Gasteiger partial charge in [0.25, 0.3) is 11.8 Å². The summed E-state index contributed by atoms with van der Waals surface area (Å²) in [5.41, 5.74) is 2.34. The van der Waals surface area contributed by atoms with Gasteiger partial charge < -0.3 is 30.3 Å². The minimum atomic E-state index is -0.200. The van der Waals surface area contributed by atoms with Crippen molar-refractivity contribution in [3.63, 3.8) is 0 Å². The number of nitrogens with zero attached hydrogens (tertiary/aromatic N) is 3. The molecule has 4 heterocycles. The Morgan fingerprint density at radius 3 is 2.27 bits per heavy atom. The molecule has 1 aromatic carbocycles. The van der Waals surface area contributed by atoms with Gasteiger partial charge in [-0.2, -0.15) is 0 Å². The number of carbonyl (C=O) groups excluding carboxylic acids is 3. The number of rotatable bonds is 8. The minimum Gasteiger partial charge on any atom is -0.369 e. The zero-order valence-corrected chi connectivity index (χ0v) is 21.6. The van der Waals surface area contributed by atoms with Crippen molar-refractivity contribution in [2.24, 2.45) is 0 Å². The molecule has 0 spiro atoms. The molecule has 3 aliphatic heterocycles. The summed E-state index contributed by atoms with van der Waals surface area (Å²) in [6.45, 7) is 7.78. The third-order valence-electron chi connectivity index (χ3n) is 8.14. The number of carbonyl (C=O) groups is 3. The Morgan fingerprint density at radius 1 is 0.946 bits per heavy atom. The first-order valence-electron chi connectivity index (χ1n) is 13.6. The number of H-pyrrole nitrogens is 1. The first-order valence-corrected chi connectivity index (χ1v) is 13.6. The number of piperidine rings is 1. The van der Waals surface area contributed by atoms with Gasteiger partial charge in [-0.05, 0) is 68.6 Å². The normalized spacial score (nSPS) is 23.6. The lowest BCUT2D eigenvalue weighted by atomic mass is 9.96. The van der Waals surface area contributed by atoms with Crippen molar-refractivity contribution in [3.8, 4) is 0 Å². The fourth-order valence-electron chi connectivity index (χ4n) is 6.10. The van der Waals surface area contributed by atoms with Gasteiger partial charge in [0.1, 0.15) is 5.69 Å². The summed E-state index contributed by atoms with van der Waals surface area (Å²) in [7, 11) is 0. The predicted octanol–water partition coefficient (Wildman–Crippen LogP) is 2.23. The molecule has 3 N–H and O–H groups in total. The van der Waals surface area contributed by atoms with Crippen molar-refractivity contribution in [2.75, 3.05) is 44.2 Å². The highest BCUT2D eigenvalue weighted by atomic mass is 16.2. The van der Waals surface area contributed by atoms with E-state index in [9.17, 15) is 14.4 Å². The highest BCUT2D eigenvalue weighted by molar-refractivity contribution is 5.95. The van der Waals surface area contributed by atoms with Gasteiger partial charge in [0, 0.05) is 74.7 Å². The Bertz CT molecular complexity index is 1060. The maximum atomic E-state index is 13.0. The molecule has 2 atom stereocenters. The van der Waals surface area contributed by atoms with Gasteiger partial charge in [-0.15, -0.1) is 0 Å². The fourth-order valence-corrected chi connectivity index (χ4v) is 6.10. The van der Waals surface area contributed by atoms with Gasteiger partial charge in [0.15, 0.2) is 0 Å². The van der Waals surface area contributed by atoms with E-state index in [2.05, 4.69) is 44.5 Å². The van der Waals surface area contributed by atoms with Crippen LogP contribution in [0.3, 0.4) is 0 Å². The van der Waals surface area contributed by atoms with Crippen LogP contribution >= 0.6 is 0 Å². The molecule has 37 heavy (non-hydrogen) atoms. The van der Waals surface area contributed by atoms with Crippen LogP contribution in [-0.4, -0.2) is 89.9 Å². The Balaban J connectivity index is 1.09. The molecule has 0 saturated carbocycles. The average Bonchev–Trinajstić information content (AvgIpc) is 3.55. The van der Waals surface area contributed by atoms with E-state index in [1.54, 1.807) is 18.3 Å². The van der Waals surface area contributed by atoms with E-state index in [4.69, 9.17) is 0 Å². The quantitative estimate of drug-likeness (QED) is 0.510. The summed E-state index contributed by atoms with van der Waals surface area (Å²) in [6.07, 6.45) is 5.49. The summed E-state index contributed by atoms with van der Waals surface area (Å²) in [5.74, 6) is -0.160. The van der Waals surface area contributed by atoms with E-state index in [-0.39, 0.29) is 42.3 Å². The Kier molecular flexibility index (Phi) is 7.79. The van der Waals surface area contributed by atoms with Crippen molar-refractivity contribution in [1.82, 2.24) is 25.4 Å². The van der Waals surface area contributed by atoms with Crippen LogP contribution in [0.5, 0.6) is 0 Å². The summed E-state index contributed by atoms with van der Waals surface area (Å²) >= 11 is 0. The number of piperazine rings is 1. The molecule has 198 valence electrons. The van der Waals surface area contributed by atoms with Gasteiger partial charge in [0.2, 0.25) is 5.91 Å². The summed E-state index contributed by atoms with van der Waals surface area (Å²) in [5, 5.41) is 6.03. The Hall–Kier alpha value is -3.33. The minimum absolute atomic E-state index is 0.0430. The molecule has 3 amide bonds. The largest absolute Gasteiger partial charge is 0.369 e. The standard InChI is InChI=1S/C28H38N6O3/c1-2-32-14-16-33(17-15-32)22-7-5-20(6-8-22)27(36)31-21-18-23-9-10-24(19-21)34(23)26(35)11-13-30-28(37)25-4-3-12-29-25/h3-8,12,21,23-24,29H,2,9-11,13-19H2,1H3,(H,30,37)(H,31,36). The third kappa shape index (κ3) is 5.82. The number of benzene rings is 1. The highest BCUT2D eigenvalue weighted by Crippen LogP contribution is 2.36. The molecule has 9 heteroatoms. The van der Waals surface area contributed by atoms with E-state index in [1.165, 1.54) is 5.69 Å². The fraction of sp³-hybridized carbons (Fsp3) is 0.536. The molecule has 3 aliphatic rings. The highest BCUT2D eigenvalue weighted by Gasteiger charge is 2.43. The second-order valence-electron chi connectivity index (χ2n) is 10.4. The van der Waals surface area contributed by atoms with Crippen molar-refractivity contribution in [1.29, 1.82) is 0 Å². The first kappa shape index (κ1) is 25.3. The molecule has 3 saturated heterocycles. The molecule has 9 nitrogen and oxygen atoms in total. The second-order valence-corrected chi connectivity index (χ2v) is 10.4. The molecular formula is C28H38N6O3. The summed E-state index contributed by atoms with van der Waals surface area (Å²) in [4.78, 5) is 47.7. The monoisotopic (exact) mass is 506 g/mol. The van der Waals surface area contributed by atoms with Crippen molar-refractivity contribution < 1.29 is 14.4 Å². The Labute approximate surface area is 218 Å². The van der Waals surface area contributed by atoms with Crippen LogP contribution in [-0.2, 0) is 4.79 Å². The third-order valence-corrected chi connectivity index (χ3v) is 8.14. The lowest BCUT2D eigenvalue weighted by Gasteiger charge is -2.39. The molecular weight excluding hydrogens is 468 g/mol. The van der Waals surface area contributed by atoms with E-state index in [1.807, 2.05) is 17.0 Å². The lowest BCUT2D eigenvalue weighted by Crippen LogP contribution is -2.52. The number of amides is 3. The number of fused-ring (bicyclic) bond motifs is 2. The summed E-state index contributed by atoms with van der Waals surface area (Å²) in [6, 6.07) is 11.8. The van der Waals surface area contributed by atoms with Gasteiger partial charge >= 0.3 is 0 Å². The molecule has 2 bridgehead atoms. The zero-order chi connectivity index (χ0) is 25.8. The SMILES string of the molecule is CCN1CCN(c2ccc(C(=O)NC3CC4CCC(C3)N4C(=O)CCNC(=O)c3ccc[nH]3)cc2)CC1. The summed E-state index contributed by atoms with van der Waals surface area (Å²) < 4.78 is 0. The van der Waals surface area contributed by atoms with Gasteiger partial charge in [-0.1, -0.05) is 6.92 Å². The molecule has 2 aromatic rings. The number of hydrogen-bond donors (Lipinski definition) is 3. The lowest BCUT2D eigenvalue weighted by molar-refractivity contribution is -0.135. The van der Waals surface area contributed by atoms with Crippen LogP contribution < -0.4 is 15.5 Å². The molecule has 5 rings (SSSR count). The molecule has 2 unspecified atom stereocenters. The van der Waals surface area contributed by atoms with E-state index in [0.717, 1.165) is 58.4 Å². The molecule has 0 aliphatic carbocycles.